The van der Waals surface area contributed by atoms with Crippen molar-refractivity contribution in [1.29, 1.82) is 0 Å². The molecule has 1 saturated carbocycles. The van der Waals surface area contributed by atoms with Crippen molar-refractivity contribution in [3.63, 3.8) is 0 Å². The average molecular weight is 561 g/mol. The highest BCUT2D eigenvalue weighted by atomic mass is 16.5. The van der Waals surface area contributed by atoms with E-state index >= 15 is 0 Å². The zero-order chi connectivity index (χ0) is 30.3. The molecule has 41 heavy (non-hydrogen) atoms. The summed E-state index contributed by atoms with van der Waals surface area (Å²) < 4.78 is 13.8. The molecule has 1 amide bonds. The molecule has 0 N–H and O–H groups in total. The van der Waals surface area contributed by atoms with Gasteiger partial charge < -0.3 is 18.9 Å². The van der Waals surface area contributed by atoms with E-state index in [0.717, 1.165) is 31.1 Å². The molecule has 6 nitrogen and oxygen atoms in total. The van der Waals surface area contributed by atoms with Crippen LogP contribution in [0.2, 0.25) is 0 Å². The molecule has 0 bridgehead atoms. The zero-order valence-electron chi connectivity index (χ0n) is 26.0. The van der Waals surface area contributed by atoms with E-state index in [1.54, 1.807) is 7.11 Å². The van der Waals surface area contributed by atoms with E-state index in [9.17, 15) is 9.59 Å². The Kier molecular flexibility index (Phi) is 11.2. The van der Waals surface area contributed by atoms with Crippen LogP contribution in [0, 0.1) is 24.2 Å². The number of rotatable bonds is 6. The number of aromatic nitrogens is 1. The number of amides is 1. The van der Waals surface area contributed by atoms with Crippen molar-refractivity contribution in [1.82, 2.24) is 9.47 Å². The van der Waals surface area contributed by atoms with E-state index in [-0.39, 0.29) is 24.0 Å². The SMILES string of the molecule is C#C.C/C=C1\C(=C/COC)C2CC2(C(=O)N2C[C@@H](C)O[C@@H](C)C2)Cn2c1c(CCC)c1ccc(C=O)cc12.CCC. The summed E-state index contributed by atoms with van der Waals surface area (Å²) in [5.41, 5.74) is 6.13. The van der Waals surface area contributed by atoms with Gasteiger partial charge in [0.25, 0.3) is 0 Å². The van der Waals surface area contributed by atoms with E-state index in [1.165, 1.54) is 34.2 Å². The Bertz CT molecular complexity index is 1310. The van der Waals surface area contributed by atoms with E-state index in [2.05, 4.69) is 63.3 Å². The topological polar surface area (TPSA) is 60.8 Å². The Morgan fingerprint density at radius 1 is 1.17 bits per heavy atom. The number of terminal acetylenes is 1. The summed E-state index contributed by atoms with van der Waals surface area (Å²) in [6.45, 7) is 15.0. The van der Waals surface area contributed by atoms with E-state index < -0.39 is 5.41 Å². The first-order chi connectivity index (χ1) is 19.8. The van der Waals surface area contributed by atoms with Gasteiger partial charge in [-0.1, -0.05) is 57.9 Å². The normalized spacial score (nSPS) is 26.7. The van der Waals surface area contributed by atoms with Gasteiger partial charge in [-0.05, 0) is 56.4 Å². The van der Waals surface area contributed by atoms with Gasteiger partial charge in [-0.3, -0.25) is 9.59 Å². The molecule has 0 spiro atoms. The molecule has 1 saturated heterocycles. The van der Waals surface area contributed by atoms with Crippen molar-refractivity contribution in [3.8, 4) is 12.8 Å². The number of aldehydes is 1. The third-order valence-corrected chi connectivity index (χ3v) is 8.18. The first-order valence-electron chi connectivity index (χ1n) is 15.0. The Morgan fingerprint density at radius 2 is 1.83 bits per heavy atom. The third kappa shape index (κ3) is 6.22. The molecule has 2 aliphatic heterocycles. The second kappa shape index (κ2) is 14.2. The lowest BCUT2D eigenvalue weighted by molar-refractivity contribution is -0.149. The number of nitrogens with zero attached hydrogens (tertiary/aromatic N) is 2. The lowest BCUT2D eigenvalue weighted by atomic mass is 9.90. The maximum Gasteiger partial charge on any atom is 0.231 e. The summed E-state index contributed by atoms with van der Waals surface area (Å²) in [6, 6.07) is 5.99. The summed E-state index contributed by atoms with van der Waals surface area (Å²) in [5.74, 6) is 0.380. The maximum atomic E-state index is 14.3. The van der Waals surface area contributed by atoms with Crippen LogP contribution in [0.1, 0.15) is 82.4 Å². The van der Waals surface area contributed by atoms with E-state index in [1.807, 2.05) is 30.9 Å². The Morgan fingerprint density at radius 3 is 2.39 bits per heavy atom. The van der Waals surface area contributed by atoms with Crippen LogP contribution in [-0.2, 0) is 27.2 Å². The van der Waals surface area contributed by atoms with Gasteiger partial charge in [-0.25, -0.2) is 0 Å². The summed E-state index contributed by atoms with van der Waals surface area (Å²) >= 11 is 0. The summed E-state index contributed by atoms with van der Waals surface area (Å²) in [5, 5.41) is 1.18. The molecule has 4 atom stereocenters. The van der Waals surface area contributed by atoms with Gasteiger partial charge in [-0.2, -0.15) is 0 Å². The van der Waals surface area contributed by atoms with Crippen LogP contribution in [-0.4, -0.2) is 60.7 Å². The largest absolute Gasteiger partial charge is 0.381 e. The van der Waals surface area contributed by atoms with Crippen molar-refractivity contribution in [2.24, 2.45) is 11.3 Å². The molecular formula is C35H48N2O4. The molecule has 6 heteroatoms. The molecule has 3 aliphatic rings. The second-order valence-electron chi connectivity index (χ2n) is 11.5. The van der Waals surface area contributed by atoms with E-state index in [4.69, 9.17) is 9.47 Å². The molecule has 2 unspecified atom stereocenters. The van der Waals surface area contributed by atoms with Crippen LogP contribution >= 0.6 is 0 Å². The Balaban J connectivity index is 0.000000868. The predicted molar refractivity (Wildman–Crippen MR) is 168 cm³/mol. The third-order valence-electron chi connectivity index (χ3n) is 8.18. The van der Waals surface area contributed by atoms with Gasteiger partial charge in [0.15, 0.2) is 0 Å². The van der Waals surface area contributed by atoms with Gasteiger partial charge in [-0.15, -0.1) is 12.8 Å². The highest BCUT2D eigenvalue weighted by molar-refractivity contribution is 5.98. The van der Waals surface area contributed by atoms with Gasteiger partial charge in [0.2, 0.25) is 5.91 Å². The molecule has 1 aliphatic carbocycles. The van der Waals surface area contributed by atoms with Gasteiger partial charge in [0.1, 0.15) is 6.29 Å². The molecular weight excluding hydrogens is 512 g/mol. The molecule has 3 heterocycles. The van der Waals surface area contributed by atoms with Crippen molar-refractivity contribution >= 4 is 28.7 Å². The fourth-order valence-corrected chi connectivity index (χ4v) is 6.67. The van der Waals surface area contributed by atoms with Gasteiger partial charge >= 0.3 is 0 Å². The van der Waals surface area contributed by atoms with Crippen LogP contribution in [0.25, 0.3) is 16.5 Å². The van der Waals surface area contributed by atoms with Crippen molar-refractivity contribution in [3.05, 3.63) is 52.7 Å². The first kappa shape index (κ1) is 32.4. The zero-order valence-corrected chi connectivity index (χ0v) is 26.0. The summed E-state index contributed by atoms with van der Waals surface area (Å²) in [6.07, 6.45) is 17.4. The van der Waals surface area contributed by atoms with Crippen LogP contribution in [0.5, 0.6) is 0 Å². The number of aryl methyl sites for hydroxylation is 1. The highest BCUT2D eigenvalue weighted by Gasteiger charge is 2.64. The summed E-state index contributed by atoms with van der Waals surface area (Å²) in [7, 11) is 1.71. The number of hydrogen-bond donors (Lipinski definition) is 0. The van der Waals surface area contributed by atoms with Crippen molar-refractivity contribution < 1.29 is 19.1 Å². The number of carbonyl (C=O) groups excluding carboxylic acids is 2. The van der Waals surface area contributed by atoms with E-state index in [0.29, 0.717) is 31.8 Å². The minimum absolute atomic E-state index is 0.0287. The van der Waals surface area contributed by atoms with Gasteiger partial charge in [0, 0.05) is 49.1 Å². The number of hydrogen-bond acceptors (Lipinski definition) is 4. The number of carbonyl (C=O) groups is 2. The Labute approximate surface area is 246 Å². The van der Waals surface area contributed by atoms with Crippen LogP contribution < -0.4 is 0 Å². The summed E-state index contributed by atoms with van der Waals surface area (Å²) in [4.78, 5) is 28.0. The molecule has 1 aromatic heterocycles. The smallest absolute Gasteiger partial charge is 0.231 e. The fraction of sp³-hybridized carbons (Fsp3) is 0.543. The predicted octanol–water partition coefficient (Wildman–Crippen LogP) is 6.70. The maximum absolute atomic E-state index is 14.3. The first-order valence-corrected chi connectivity index (χ1v) is 15.0. The molecule has 2 fully saturated rings. The monoisotopic (exact) mass is 560 g/mol. The molecule has 0 radical (unpaired) electrons. The van der Waals surface area contributed by atoms with Crippen molar-refractivity contribution in [2.45, 2.75) is 86.0 Å². The molecule has 2 aromatic rings. The number of morpholine rings is 1. The highest BCUT2D eigenvalue weighted by Crippen LogP contribution is 2.64. The standard InChI is InChI=1S/C30H38N2O4.C3H8.C2H2/c1-6-8-25-24-10-9-21(17-33)13-27(24)32-18-30(29(34)31-15-19(3)36-20(4)16-31)14-26(30)23(11-12-35-5)22(7-2)28(25)32;1-3-2;1-2/h7,9-11,13,17,19-20,26H,6,8,12,14-16,18H2,1-5H3;3H2,1-2H3;1-2H/b22-7+,23-11+;;/t19-,20+,26?,30?;;. The number of ether oxygens (including phenoxy) is 2. The van der Waals surface area contributed by atoms with Crippen LogP contribution in [0.4, 0.5) is 0 Å². The minimum Gasteiger partial charge on any atom is -0.381 e. The average Bonchev–Trinajstić information content (AvgIpc) is 3.64. The minimum atomic E-state index is -0.498. The van der Waals surface area contributed by atoms with Gasteiger partial charge in [0.05, 0.1) is 29.9 Å². The lowest BCUT2D eigenvalue weighted by Crippen LogP contribution is -2.51. The lowest BCUT2D eigenvalue weighted by Gasteiger charge is -2.37. The fourth-order valence-electron chi connectivity index (χ4n) is 6.67. The number of allylic oxidation sites excluding steroid dienone is 3. The Hall–Kier alpha value is -3.14. The van der Waals surface area contributed by atoms with Crippen LogP contribution in [0.3, 0.4) is 0 Å². The molecule has 1 aromatic carbocycles. The number of benzene rings is 1. The number of fused-ring (bicyclic) bond motifs is 4. The van der Waals surface area contributed by atoms with Crippen LogP contribution in [0.15, 0.2) is 35.9 Å². The molecule has 5 rings (SSSR count). The second-order valence-corrected chi connectivity index (χ2v) is 11.5. The van der Waals surface area contributed by atoms with Crippen molar-refractivity contribution in [2.75, 3.05) is 26.8 Å². The number of methoxy groups -OCH3 is 1. The quantitative estimate of drug-likeness (QED) is 0.291. The molecule has 222 valence electrons.